The van der Waals surface area contributed by atoms with E-state index in [9.17, 15) is 18.0 Å². The Morgan fingerprint density at radius 1 is 1.19 bits per heavy atom. The first kappa shape index (κ1) is 13.8. The molecule has 1 fully saturated rings. The van der Waals surface area contributed by atoms with Crippen LogP contribution in [-0.4, -0.2) is 40.9 Å². The summed E-state index contributed by atoms with van der Waals surface area (Å²) in [7, 11) is 0. The lowest BCUT2D eigenvalue weighted by atomic mass is 10.3. The molecule has 0 N–H and O–H groups in total. The number of alkyl halides is 3. The minimum atomic E-state index is -4.68. The van der Waals surface area contributed by atoms with Crippen LogP contribution in [0.25, 0.3) is 5.65 Å². The molecule has 0 radical (unpaired) electrons. The normalized spacial score (nSPS) is 16.4. The molecule has 2 aromatic heterocycles. The van der Waals surface area contributed by atoms with Gasteiger partial charge in [-0.3, -0.25) is 4.79 Å². The van der Waals surface area contributed by atoms with Crippen molar-refractivity contribution in [2.24, 2.45) is 0 Å². The zero-order chi connectivity index (χ0) is 15.0. The Morgan fingerprint density at radius 3 is 2.57 bits per heavy atom. The molecule has 1 aliphatic heterocycles. The van der Waals surface area contributed by atoms with Crippen molar-refractivity contribution in [1.29, 1.82) is 0 Å². The Labute approximate surface area is 116 Å². The molecule has 1 aliphatic rings. The van der Waals surface area contributed by atoms with E-state index in [1.54, 1.807) is 6.07 Å². The molecule has 21 heavy (non-hydrogen) atoms. The quantitative estimate of drug-likeness (QED) is 0.784. The first-order chi connectivity index (χ1) is 9.95. The Balaban J connectivity index is 2.15. The average Bonchev–Trinajstić information content (AvgIpc) is 2.46. The molecule has 0 bridgehead atoms. The Kier molecular flexibility index (Phi) is 3.28. The Morgan fingerprint density at radius 2 is 1.90 bits per heavy atom. The lowest BCUT2D eigenvalue weighted by Crippen LogP contribution is -2.37. The zero-order valence-electron chi connectivity index (χ0n) is 10.8. The molecule has 2 aromatic rings. The van der Waals surface area contributed by atoms with E-state index in [0.717, 1.165) is 0 Å². The van der Waals surface area contributed by atoms with Crippen LogP contribution >= 0.6 is 0 Å². The van der Waals surface area contributed by atoms with Crippen LogP contribution in [0.4, 0.5) is 19.0 Å². The molecule has 9 heteroatoms. The fourth-order valence-corrected chi connectivity index (χ4v) is 2.15. The molecule has 0 spiro atoms. The number of hydrogen-bond donors (Lipinski definition) is 0. The number of nitrogens with zero attached hydrogens (tertiary/aromatic N) is 4. The van der Waals surface area contributed by atoms with Crippen LogP contribution < -0.4 is 10.5 Å². The number of halogens is 3. The van der Waals surface area contributed by atoms with Crippen molar-refractivity contribution in [3.05, 3.63) is 34.2 Å². The van der Waals surface area contributed by atoms with Gasteiger partial charge in [0.1, 0.15) is 5.82 Å². The van der Waals surface area contributed by atoms with E-state index < -0.39 is 17.4 Å². The first-order valence-electron chi connectivity index (χ1n) is 6.26. The largest absolute Gasteiger partial charge is 0.433 e. The van der Waals surface area contributed by atoms with Crippen molar-refractivity contribution in [2.45, 2.75) is 6.18 Å². The van der Waals surface area contributed by atoms with Crippen molar-refractivity contribution in [2.75, 3.05) is 31.2 Å². The Bertz CT molecular complexity index is 722. The highest BCUT2D eigenvalue weighted by atomic mass is 19.4. The molecule has 0 saturated carbocycles. The van der Waals surface area contributed by atoms with E-state index in [-0.39, 0.29) is 5.65 Å². The first-order valence-corrected chi connectivity index (χ1v) is 6.26. The summed E-state index contributed by atoms with van der Waals surface area (Å²) in [5.41, 5.74) is -2.21. The number of fused-ring (bicyclic) bond motifs is 1. The van der Waals surface area contributed by atoms with Crippen LogP contribution in [0.15, 0.2) is 23.0 Å². The summed E-state index contributed by atoms with van der Waals surface area (Å²) in [5, 5.41) is 3.97. The van der Waals surface area contributed by atoms with E-state index in [1.165, 1.54) is 6.07 Å². The van der Waals surface area contributed by atoms with Gasteiger partial charge >= 0.3 is 6.18 Å². The SMILES string of the molecule is O=c1cc(C(F)(F)F)n2nc(N3CCOCC3)ccc2n1. The van der Waals surface area contributed by atoms with Gasteiger partial charge in [-0.25, -0.2) is 4.52 Å². The topological polar surface area (TPSA) is 59.7 Å². The third-order valence-electron chi connectivity index (χ3n) is 3.14. The lowest BCUT2D eigenvalue weighted by molar-refractivity contribution is -0.142. The van der Waals surface area contributed by atoms with Crippen LogP contribution in [0.5, 0.6) is 0 Å². The van der Waals surface area contributed by atoms with Gasteiger partial charge in [0.05, 0.1) is 13.2 Å². The van der Waals surface area contributed by atoms with Crippen LogP contribution in [0.2, 0.25) is 0 Å². The van der Waals surface area contributed by atoms with E-state index in [1.807, 2.05) is 4.90 Å². The Hall–Kier alpha value is -2.16. The molecule has 0 aliphatic carbocycles. The molecule has 6 nitrogen and oxygen atoms in total. The van der Waals surface area contributed by atoms with Crippen LogP contribution in [0, 0.1) is 0 Å². The predicted octanol–water partition coefficient (Wildman–Crippen LogP) is 0.945. The molecule has 0 unspecified atom stereocenters. The standard InChI is InChI=1S/C12H11F3N4O2/c13-12(14,15)8-7-11(20)16-9-1-2-10(17-19(8)9)18-3-5-21-6-4-18/h1-2,7H,3-6H2. The van der Waals surface area contributed by atoms with Gasteiger partial charge in [-0.2, -0.15) is 18.2 Å². The highest BCUT2D eigenvalue weighted by Gasteiger charge is 2.35. The molecular formula is C12H11F3N4O2. The van der Waals surface area contributed by atoms with Gasteiger partial charge in [0.2, 0.25) is 0 Å². The highest BCUT2D eigenvalue weighted by Crippen LogP contribution is 2.28. The van der Waals surface area contributed by atoms with E-state index in [2.05, 4.69) is 10.1 Å². The zero-order valence-corrected chi connectivity index (χ0v) is 10.8. The molecule has 1 saturated heterocycles. The maximum atomic E-state index is 13.0. The van der Waals surface area contributed by atoms with Crippen molar-refractivity contribution in [1.82, 2.24) is 14.6 Å². The maximum Gasteiger partial charge on any atom is 0.433 e. The predicted molar refractivity (Wildman–Crippen MR) is 67.3 cm³/mol. The number of ether oxygens (including phenoxy) is 1. The maximum absolute atomic E-state index is 13.0. The summed E-state index contributed by atoms with van der Waals surface area (Å²) in [4.78, 5) is 16.6. The van der Waals surface area contributed by atoms with Crippen molar-refractivity contribution in [3.8, 4) is 0 Å². The second kappa shape index (κ2) is 4.99. The van der Waals surface area contributed by atoms with E-state index in [4.69, 9.17) is 4.74 Å². The third kappa shape index (κ3) is 2.68. The molecular weight excluding hydrogens is 289 g/mol. The van der Waals surface area contributed by atoms with Crippen molar-refractivity contribution in [3.63, 3.8) is 0 Å². The number of aromatic nitrogens is 3. The average molecular weight is 300 g/mol. The molecule has 3 rings (SSSR count). The van der Waals surface area contributed by atoms with E-state index >= 15 is 0 Å². The van der Waals surface area contributed by atoms with Crippen LogP contribution in [0.1, 0.15) is 5.69 Å². The lowest BCUT2D eigenvalue weighted by Gasteiger charge is -2.27. The van der Waals surface area contributed by atoms with Gasteiger partial charge in [0.25, 0.3) is 5.56 Å². The minimum Gasteiger partial charge on any atom is -0.378 e. The van der Waals surface area contributed by atoms with Crippen molar-refractivity contribution < 1.29 is 17.9 Å². The van der Waals surface area contributed by atoms with Crippen LogP contribution in [0.3, 0.4) is 0 Å². The van der Waals surface area contributed by atoms with Gasteiger partial charge in [0.15, 0.2) is 11.3 Å². The summed E-state index contributed by atoms with van der Waals surface area (Å²) in [6.07, 6.45) is -4.68. The number of rotatable bonds is 1. The summed E-state index contributed by atoms with van der Waals surface area (Å²) in [6.45, 7) is 2.09. The third-order valence-corrected chi connectivity index (χ3v) is 3.14. The smallest absolute Gasteiger partial charge is 0.378 e. The second-order valence-corrected chi connectivity index (χ2v) is 4.54. The molecule has 0 aromatic carbocycles. The second-order valence-electron chi connectivity index (χ2n) is 4.54. The van der Waals surface area contributed by atoms with Gasteiger partial charge in [0, 0.05) is 19.2 Å². The molecule has 112 valence electrons. The number of hydrogen-bond acceptors (Lipinski definition) is 5. The summed E-state index contributed by atoms with van der Waals surface area (Å²) >= 11 is 0. The fraction of sp³-hybridized carbons (Fsp3) is 0.417. The summed E-state index contributed by atoms with van der Waals surface area (Å²) in [6, 6.07) is 3.35. The molecule has 0 atom stereocenters. The number of morpholine rings is 1. The van der Waals surface area contributed by atoms with Gasteiger partial charge < -0.3 is 9.64 Å². The summed E-state index contributed by atoms with van der Waals surface area (Å²) < 4.78 is 44.9. The van der Waals surface area contributed by atoms with Crippen molar-refractivity contribution >= 4 is 11.5 Å². The minimum absolute atomic E-state index is 0.133. The van der Waals surface area contributed by atoms with Gasteiger partial charge in [-0.05, 0) is 12.1 Å². The van der Waals surface area contributed by atoms with Crippen LogP contribution in [-0.2, 0) is 10.9 Å². The number of anilines is 1. The fourth-order valence-electron chi connectivity index (χ4n) is 2.15. The van der Waals surface area contributed by atoms with Gasteiger partial charge in [-0.15, -0.1) is 5.10 Å². The van der Waals surface area contributed by atoms with Gasteiger partial charge in [-0.1, -0.05) is 0 Å². The monoisotopic (exact) mass is 300 g/mol. The molecule has 0 amide bonds. The van der Waals surface area contributed by atoms with E-state index in [0.29, 0.717) is 42.7 Å². The summed E-state index contributed by atoms with van der Waals surface area (Å²) in [5.74, 6) is 0.391. The highest BCUT2D eigenvalue weighted by molar-refractivity contribution is 5.46. The molecule has 3 heterocycles.